The van der Waals surface area contributed by atoms with E-state index in [4.69, 9.17) is 9.47 Å². The van der Waals surface area contributed by atoms with Crippen LogP contribution in [0.1, 0.15) is 25.3 Å². The van der Waals surface area contributed by atoms with Gasteiger partial charge in [-0.05, 0) is 37.5 Å². The molecule has 1 unspecified atom stereocenters. The van der Waals surface area contributed by atoms with Crippen LogP contribution >= 0.6 is 24.0 Å². The molecule has 0 aliphatic carbocycles. The molecule has 5 nitrogen and oxygen atoms in total. The summed E-state index contributed by atoms with van der Waals surface area (Å²) in [6.45, 7) is 3.20. The number of nitrogens with one attached hydrogen (secondary N) is 2. The molecule has 9 heteroatoms. The molecule has 1 fully saturated rings. The van der Waals surface area contributed by atoms with E-state index in [0.29, 0.717) is 25.6 Å². The number of nitrogens with zero attached hydrogens (tertiary/aromatic N) is 1. The van der Waals surface area contributed by atoms with Crippen molar-refractivity contribution in [2.75, 3.05) is 26.3 Å². The first-order chi connectivity index (χ1) is 12.0. The van der Waals surface area contributed by atoms with Gasteiger partial charge in [-0.2, -0.15) is 13.2 Å². The number of guanidine groups is 1. The number of hydrogen-bond acceptors (Lipinski definition) is 3. The molecule has 26 heavy (non-hydrogen) atoms. The van der Waals surface area contributed by atoms with Crippen molar-refractivity contribution in [3.05, 3.63) is 29.8 Å². The zero-order valence-corrected chi connectivity index (χ0v) is 17.0. The van der Waals surface area contributed by atoms with Gasteiger partial charge in [-0.15, -0.1) is 24.0 Å². The lowest BCUT2D eigenvalue weighted by molar-refractivity contribution is -0.153. The first-order valence-electron chi connectivity index (χ1n) is 8.38. The fourth-order valence-electron chi connectivity index (χ4n) is 2.43. The number of rotatable bonds is 7. The summed E-state index contributed by atoms with van der Waals surface area (Å²) in [6, 6.07) is 6.52. The number of alkyl halides is 3. The number of hydrogen-bond donors (Lipinski definition) is 2. The van der Waals surface area contributed by atoms with Crippen molar-refractivity contribution in [2.45, 2.75) is 38.6 Å². The fourth-order valence-corrected chi connectivity index (χ4v) is 2.43. The van der Waals surface area contributed by atoms with Crippen molar-refractivity contribution in [3.8, 4) is 5.75 Å². The molecule has 148 valence electrons. The molecular formula is C17H25F3IN3O2. The van der Waals surface area contributed by atoms with Gasteiger partial charge < -0.3 is 20.1 Å². The number of aliphatic imine (C=N–C) groups is 1. The van der Waals surface area contributed by atoms with Crippen LogP contribution < -0.4 is 15.4 Å². The smallest absolute Gasteiger partial charge is 0.422 e. The lowest BCUT2D eigenvalue weighted by atomic mass is 10.2. The molecule has 0 amide bonds. The molecule has 1 aromatic carbocycles. The van der Waals surface area contributed by atoms with E-state index < -0.39 is 12.8 Å². The Bertz CT molecular complexity index is 564. The van der Waals surface area contributed by atoms with E-state index in [1.807, 2.05) is 6.92 Å². The summed E-state index contributed by atoms with van der Waals surface area (Å²) in [7, 11) is 0. The van der Waals surface area contributed by atoms with Crippen molar-refractivity contribution in [1.82, 2.24) is 10.6 Å². The highest BCUT2D eigenvalue weighted by Crippen LogP contribution is 2.19. The molecule has 0 bridgehead atoms. The van der Waals surface area contributed by atoms with Crippen LogP contribution in [0, 0.1) is 0 Å². The van der Waals surface area contributed by atoms with Crippen LogP contribution in [0.25, 0.3) is 0 Å². The minimum Gasteiger partial charge on any atom is -0.484 e. The maximum atomic E-state index is 12.2. The molecule has 2 rings (SSSR count). The van der Waals surface area contributed by atoms with Crippen molar-refractivity contribution < 1.29 is 22.6 Å². The van der Waals surface area contributed by atoms with Gasteiger partial charge in [0.25, 0.3) is 0 Å². The lowest BCUT2D eigenvalue weighted by Crippen LogP contribution is -2.41. The molecular weight excluding hydrogens is 462 g/mol. The van der Waals surface area contributed by atoms with E-state index in [1.54, 1.807) is 18.2 Å². The van der Waals surface area contributed by atoms with Crippen LogP contribution in [0.3, 0.4) is 0 Å². The minimum atomic E-state index is -4.35. The quantitative estimate of drug-likeness (QED) is 0.352. The van der Waals surface area contributed by atoms with Gasteiger partial charge in [0.05, 0.1) is 12.6 Å². The molecule has 0 spiro atoms. The number of benzene rings is 1. The van der Waals surface area contributed by atoms with Crippen LogP contribution in [0.2, 0.25) is 0 Å². The Balaban J connectivity index is 0.00000338. The summed E-state index contributed by atoms with van der Waals surface area (Å²) in [5.74, 6) is 0.835. The van der Waals surface area contributed by atoms with Gasteiger partial charge in [0, 0.05) is 19.7 Å². The molecule has 1 atom stereocenters. The molecule has 0 aromatic heterocycles. The second-order valence-electron chi connectivity index (χ2n) is 5.76. The van der Waals surface area contributed by atoms with E-state index in [2.05, 4.69) is 15.6 Å². The van der Waals surface area contributed by atoms with E-state index in [1.165, 1.54) is 6.07 Å². The Morgan fingerprint density at radius 2 is 2.15 bits per heavy atom. The first-order valence-corrected chi connectivity index (χ1v) is 8.38. The first kappa shape index (κ1) is 22.8. The highest BCUT2D eigenvalue weighted by atomic mass is 127. The van der Waals surface area contributed by atoms with E-state index in [-0.39, 0.29) is 35.8 Å². The Hall–Kier alpha value is -1.23. The largest absolute Gasteiger partial charge is 0.484 e. The monoisotopic (exact) mass is 487 g/mol. The molecule has 1 aliphatic heterocycles. The van der Waals surface area contributed by atoms with E-state index >= 15 is 0 Å². The molecule has 1 aliphatic rings. The maximum absolute atomic E-state index is 12.2. The third-order valence-electron chi connectivity index (χ3n) is 3.59. The highest BCUT2D eigenvalue weighted by molar-refractivity contribution is 14.0. The lowest BCUT2D eigenvalue weighted by Gasteiger charge is -2.15. The average Bonchev–Trinajstić information content (AvgIpc) is 3.09. The van der Waals surface area contributed by atoms with Crippen LogP contribution in [0.4, 0.5) is 13.2 Å². The summed E-state index contributed by atoms with van der Waals surface area (Å²) in [5, 5.41) is 6.37. The Morgan fingerprint density at radius 1 is 1.35 bits per heavy atom. The summed E-state index contributed by atoms with van der Waals surface area (Å²) in [6.07, 6.45) is -2.04. The van der Waals surface area contributed by atoms with Crippen LogP contribution in [0.15, 0.2) is 29.3 Å². The predicted molar refractivity (Wildman–Crippen MR) is 105 cm³/mol. The molecule has 2 N–H and O–H groups in total. The third-order valence-corrected chi connectivity index (χ3v) is 3.59. The van der Waals surface area contributed by atoms with Gasteiger partial charge in [-0.3, -0.25) is 0 Å². The van der Waals surface area contributed by atoms with Gasteiger partial charge >= 0.3 is 6.18 Å². The number of ether oxygens (including phenoxy) is 2. The molecule has 1 heterocycles. The van der Waals surface area contributed by atoms with Gasteiger partial charge in [0.1, 0.15) is 5.75 Å². The zero-order chi connectivity index (χ0) is 18.1. The van der Waals surface area contributed by atoms with E-state index in [0.717, 1.165) is 25.0 Å². The van der Waals surface area contributed by atoms with Gasteiger partial charge in [-0.25, -0.2) is 4.99 Å². The van der Waals surface area contributed by atoms with Crippen LogP contribution in [-0.4, -0.2) is 44.5 Å². The highest BCUT2D eigenvalue weighted by Gasteiger charge is 2.28. The SMILES string of the molecule is CCNC(=NCc1cccc(OCC(F)(F)F)c1)NCC1CCCO1.I. The topological polar surface area (TPSA) is 54.9 Å². The van der Waals surface area contributed by atoms with Gasteiger partial charge in [-0.1, -0.05) is 12.1 Å². The Labute approximate surface area is 168 Å². The zero-order valence-electron chi connectivity index (χ0n) is 14.6. The molecule has 1 saturated heterocycles. The van der Waals surface area contributed by atoms with E-state index in [9.17, 15) is 13.2 Å². The normalized spacial score (nSPS) is 17.5. The minimum absolute atomic E-state index is 0. The Morgan fingerprint density at radius 3 is 2.81 bits per heavy atom. The fraction of sp³-hybridized carbons (Fsp3) is 0.588. The predicted octanol–water partition coefficient (Wildman–Crippen LogP) is 3.48. The standard InChI is InChI=1S/C17H24F3N3O2.HI/c1-2-21-16(23-11-15-7-4-8-24-15)22-10-13-5-3-6-14(9-13)25-12-17(18,19)20;/h3,5-6,9,15H,2,4,7-8,10-12H2,1H3,(H2,21,22,23);1H. The molecule has 0 saturated carbocycles. The average molecular weight is 487 g/mol. The summed E-state index contributed by atoms with van der Waals surface area (Å²) < 4.78 is 47.0. The van der Waals surface area contributed by atoms with Crippen LogP contribution in [0.5, 0.6) is 5.75 Å². The summed E-state index contributed by atoms with van der Waals surface area (Å²) in [5.41, 5.74) is 0.772. The van der Waals surface area contributed by atoms with Crippen molar-refractivity contribution >= 4 is 29.9 Å². The maximum Gasteiger partial charge on any atom is 0.422 e. The van der Waals surface area contributed by atoms with Crippen LogP contribution in [-0.2, 0) is 11.3 Å². The van der Waals surface area contributed by atoms with Crippen molar-refractivity contribution in [2.24, 2.45) is 4.99 Å². The Kier molecular flexibility index (Phi) is 10.1. The second kappa shape index (κ2) is 11.5. The van der Waals surface area contributed by atoms with Gasteiger partial charge in [0.2, 0.25) is 0 Å². The number of halogens is 4. The molecule has 1 aromatic rings. The van der Waals surface area contributed by atoms with Crippen molar-refractivity contribution in [1.29, 1.82) is 0 Å². The summed E-state index contributed by atoms with van der Waals surface area (Å²) in [4.78, 5) is 4.46. The third kappa shape index (κ3) is 8.93. The molecule has 0 radical (unpaired) electrons. The van der Waals surface area contributed by atoms with Gasteiger partial charge in [0.15, 0.2) is 12.6 Å². The second-order valence-corrected chi connectivity index (χ2v) is 5.76. The van der Waals surface area contributed by atoms with Crippen molar-refractivity contribution in [3.63, 3.8) is 0 Å². The summed E-state index contributed by atoms with van der Waals surface area (Å²) >= 11 is 0.